The monoisotopic (exact) mass is 177 g/mol. The minimum atomic E-state index is -0.308. The van der Waals surface area contributed by atoms with Crippen LogP contribution in [-0.4, -0.2) is 4.98 Å². The van der Waals surface area contributed by atoms with E-state index in [0.29, 0.717) is 10.8 Å². The first kappa shape index (κ1) is 7.98. The second-order valence-electron chi connectivity index (χ2n) is 2.99. The lowest BCUT2D eigenvalue weighted by atomic mass is 10.1. The molecule has 0 aliphatic carbocycles. The van der Waals surface area contributed by atoms with Crippen molar-refractivity contribution in [3.05, 3.63) is 46.1 Å². The van der Waals surface area contributed by atoms with E-state index in [1.165, 1.54) is 18.3 Å². The molecule has 0 atom stereocenters. The van der Waals surface area contributed by atoms with Crippen LogP contribution >= 0.6 is 0 Å². The summed E-state index contributed by atoms with van der Waals surface area (Å²) in [6, 6.07) is 4.47. The maximum Gasteiger partial charge on any atom is 0.248 e. The standard InChI is InChI=1S/C10H8FNO/c1-6-2-3-9(11)8-5-12-10(13)4-7(6)8/h2-5H,1H3,(H,12,13). The van der Waals surface area contributed by atoms with Crippen LogP contribution in [0.1, 0.15) is 5.56 Å². The third-order valence-electron chi connectivity index (χ3n) is 2.09. The smallest absolute Gasteiger partial charge is 0.248 e. The Morgan fingerprint density at radius 2 is 2.08 bits per heavy atom. The molecular formula is C10H8FNO. The minimum Gasteiger partial charge on any atom is -0.328 e. The van der Waals surface area contributed by atoms with Crippen molar-refractivity contribution in [3.8, 4) is 0 Å². The third-order valence-corrected chi connectivity index (χ3v) is 2.09. The Hall–Kier alpha value is -1.64. The molecule has 0 amide bonds. The second-order valence-corrected chi connectivity index (χ2v) is 2.99. The Bertz CT molecular complexity index is 516. The molecule has 0 saturated carbocycles. The van der Waals surface area contributed by atoms with E-state index in [4.69, 9.17) is 0 Å². The van der Waals surface area contributed by atoms with E-state index >= 15 is 0 Å². The van der Waals surface area contributed by atoms with E-state index in [1.54, 1.807) is 6.07 Å². The number of hydrogen-bond donors (Lipinski definition) is 1. The first-order valence-corrected chi connectivity index (χ1v) is 3.96. The summed E-state index contributed by atoms with van der Waals surface area (Å²) in [5.41, 5.74) is 0.698. The first-order chi connectivity index (χ1) is 6.18. The molecular weight excluding hydrogens is 169 g/mol. The number of aryl methyl sites for hydroxylation is 1. The molecule has 0 spiro atoms. The summed E-state index contributed by atoms with van der Waals surface area (Å²) in [6.45, 7) is 1.85. The van der Waals surface area contributed by atoms with E-state index < -0.39 is 0 Å². The molecule has 2 rings (SSSR count). The summed E-state index contributed by atoms with van der Waals surface area (Å²) in [5.74, 6) is -0.308. The number of rotatable bonds is 0. The lowest BCUT2D eigenvalue weighted by Crippen LogP contribution is -2.03. The Kier molecular flexibility index (Phi) is 1.65. The summed E-state index contributed by atoms with van der Waals surface area (Å²) in [7, 11) is 0. The van der Waals surface area contributed by atoms with Gasteiger partial charge in [0.2, 0.25) is 5.56 Å². The van der Waals surface area contributed by atoms with Crippen molar-refractivity contribution in [3.63, 3.8) is 0 Å². The van der Waals surface area contributed by atoms with Crippen molar-refractivity contribution in [1.29, 1.82) is 0 Å². The van der Waals surface area contributed by atoms with Gasteiger partial charge >= 0.3 is 0 Å². The fraction of sp³-hybridized carbons (Fsp3) is 0.100. The number of pyridine rings is 1. The average Bonchev–Trinajstić information content (AvgIpc) is 2.12. The number of halogens is 1. The van der Waals surface area contributed by atoms with Gasteiger partial charge in [0.15, 0.2) is 0 Å². The molecule has 66 valence electrons. The van der Waals surface area contributed by atoms with Crippen LogP contribution in [0.3, 0.4) is 0 Å². The van der Waals surface area contributed by atoms with Gasteiger partial charge < -0.3 is 4.98 Å². The predicted octanol–water partition coefficient (Wildman–Crippen LogP) is 1.98. The summed E-state index contributed by atoms with van der Waals surface area (Å²) in [4.78, 5) is 13.4. The Balaban J connectivity index is 3.00. The van der Waals surface area contributed by atoms with Crippen molar-refractivity contribution in [2.45, 2.75) is 6.92 Å². The predicted molar refractivity (Wildman–Crippen MR) is 49.3 cm³/mol. The minimum absolute atomic E-state index is 0.207. The van der Waals surface area contributed by atoms with Crippen molar-refractivity contribution in [2.75, 3.05) is 0 Å². The van der Waals surface area contributed by atoms with Gasteiger partial charge in [-0.2, -0.15) is 0 Å². The van der Waals surface area contributed by atoms with Gasteiger partial charge in [-0.25, -0.2) is 4.39 Å². The Labute approximate surface area is 74.0 Å². The van der Waals surface area contributed by atoms with Gasteiger partial charge in [-0.1, -0.05) is 6.07 Å². The fourth-order valence-corrected chi connectivity index (χ4v) is 1.37. The number of hydrogen-bond acceptors (Lipinski definition) is 1. The van der Waals surface area contributed by atoms with Crippen LogP contribution in [0.15, 0.2) is 29.2 Å². The van der Waals surface area contributed by atoms with E-state index in [2.05, 4.69) is 4.98 Å². The summed E-state index contributed by atoms with van der Waals surface area (Å²) >= 11 is 0. The van der Waals surface area contributed by atoms with E-state index in [1.807, 2.05) is 6.92 Å². The molecule has 1 N–H and O–H groups in total. The number of aromatic nitrogens is 1. The molecule has 0 bridgehead atoms. The van der Waals surface area contributed by atoms with Crippen LogP contribution in [0.25, 0.3) is 10.8 Å². The fourth-order valence-electron chi connectivity index (χ4n) is 1.37. The molecule has 1 aromatic heterocycles. The van der Waals surface area contributed by atoms with Gasteiger partial charge in [-0.05, 0) is 23.9 Å². The highest BCUT2D eigenvalue weighted by molar-refractivity contribution is 5.85. The highest BCUT2D eigenvalue weighted by Crippen LogP contribution is 2.18. The molecule has 2 nitrogen and oxygen atoms in total. The summed E-state index contributed by atoms with van der Waals surface area (Å²) in [6.07, 6.45) is 1.40. The first-order valence-electron chi connectivity index (χ1n) is 3.96. The van der Waals surface area contributed by atoms with Gasteiger partial charge in [0.05, 0.1) is 0 Å². The van der Waals surface area contributed by atoms with Gasteiger partial charge in [-0.15, -0.1) is 0 Å². The zero-order valence-corrected chi connectivity index (χ0v) is 7.10. The van der Waals surface area contributed by atoms with Crippen LogP contribution < -0.4 is 5.56 Å². The molecule has 0 aliphatic heterocycles. The zero-order chi connectivity index (χ0) is 9.42. The average molecular weight is 177 g/mol. The van der Waals surface area contributed by atoms with E-state index in [-0.39, 0.29) is 11.4 Å². The Morgan fingerprint density at radius 1 is 1.31 bits per heavy atom. The number of nitrogens with one attached hydrogen (secondary N) is 1. The number of benzene rings is 1. The van der Waals surface area contributed by atoms with Crippen LogP contribution in [0.5, 0.6) is 0 Å². The van der Waals surface area contributed by atoms with Gasteiger partial charge in [0.1, 0.15) is 5.82 Å². The second kappa shape index (κ2) is 2.69. The van der Waals surface area contributed by atoms with Crippen LogP contribution in [0.4, 0.5) is 4.39 Å². The molecule has 0 fully saturated rings. The van der Waals surface area contributed by atoms with Gasteiger partial charge in [0, 0.05) is 17.6 Å². The molecule has 13 heavy (non-hydrogen) atoms. The van der Waals surface area contributed by atoms with Gasteiger partial charge in [-0.3, -0.25) is 4.79 Å². The molecule has 0 saturated heterocycles. The normalized spacial score (nSPS) is 10.6. The van der Waals surface area contributed by atoms with Crippen LogP contribution in [0, 0.1) is 12.7 Å². The van der Waals surface area contributed by atoms with Crippen LogP contribution in [0.2, 0.25) is 0 Å². The summed E-state index contributed by atoms with van der Waals surface area (Å²) < 4.78 is 13.2. The molecule has 2 aromatic rings. The topological polar surface area (TPSA) is 32.9 Å². The van der Waals surface area contributed by atoms with Crippen molar-refractivity contribution >= 4 is 10.8 Å². The molecule has 3 heteroatoms. The van der Waals surface area contributed by atoms with Gasteiger partial charge in [0.25, 0.3) is 0 Å². The summed E-state index contributed by atoms with van der Waals surface area (Å²) in [5, 5.41) is 1.13. The number of H-pyrrole nitrogens is 1. The molecule has 1 aromatic carbocycles. The largest absolute Gasteiger partial charge is 0.328 e. The molecule has 0 aliphatic rings. The van der Waals surface area contributed by atoms with Crippen molar-refractivity contribution in [1.82, 2.24) is 4.98 Å². The maximum absolute atomic E-state index is 13.2. The van der Waals surface area contributed by atoms with E-state index in [0.717, 1.165) is 5.56 Å². The SMILES string of the molecule is Cc1ccc(F)c2c[nH]c(=O)cc12. The van der Waals surface area contributed by atoms with E-state index in [9.17, 15) is 9.18 Å². The maximum atomic E-state index is 13.2. The highest BCUT2D eigenvalue weighted by Gasteiger charge is 2.02. The highest BCUT2D eigenvalue weighted by atomic mass is 19.1. The number of fused-ring (bicyclic) bond motifs is 1. The number of aromatic amines is 1. The van der Waals surface area contributed by atoms with Crippen molar-refractivity contribution < 1.29 is 4.39 Å². The molecule has 0 radical (unpaired) electrons. The van der Waals surface area contributed by atoms with Crippen LogP contribution in [-0.2, 0) is 0 Å². The molecule has 0 unspecified atom stereocenters. The Morgan fingerprint density at radius 3 is 2.85 bits per heavy atom. The molecule has 1 heterocycles. The quantitative estimate of drug-likeness (QED) is 0.655. The zero-order valence-electron chi connectivity index (χ0n) is 7.10. The van der Waals surface area contributed by atoms with Crippen molar-refractivity contribution in [2.24, 2.45) is 0 Å². The third kappa shape index (κ3) is 1.22. The lowest BCUT2D eigenvalue weighted by molar-refractivity contribution is 0.639. The lowest BCUT2D eigenvalue weighted by Gasteiger charge is -2.01.